The highest BCUT2D eigenvalue weighted by Crippen LogP contribution is 2.42. The molecule has 0 aromatic heterocycles. The van der Waals surface area contributed by atoms with Gasteiger partial charge in [0.05, 0.1) is 0 Å². The van der Waals surface area contributed by atoms with Gasteiger partial charge in [0.1, 0.15) is 0 Å². The van der Waals surface area contributed by atoms with Crippen LogP contribution in [0.4, 0.5) is 0 Å². The van der Waals surface area contributed by atoms with Gasteiger partial charge in [0.2, 0.25) is 0 Å². The van der Waals surface area contributed by atoms with Crippen molar-refractivity contribution in [1.29, 1.82) is 0 Å². The van der Waals surface area contributed by atoms with Crippen LogP contribution in [0.25, 0.3) is 0 Å². The maximum absolute atomic E-state index is 2.36. The summed E-state index contributed by atoms with van der Waals surface area (Å²) in [5.41, 5.74) is 0. The van der Waals surface area contributed by atoms with Gasteiger partial charge in [-0.2, -0.15) is 0 Å². The first-order valence-electron chi connectivity index (χ1n) is 8.42. The van der Waals surface area contributed by atoms with Crippen LogP contribution < -0.4 is 0 Å². The number of rotatable bonds is 5. The van der Waals surface area contributed by atoms with Crippen molar-refractivity contribution in [1.82, 2.24) is 0 Å². The van der Waals surface area contributed by atoms with Crippen molar-refractivity contribution >= 4 is 0 Å². The zero-order chi connectivity index (χ0) is 11.9. The second-order valence-corrected chi connectivity index (χ2v) is 6.60. The van der Waals surface area contributed by atoms with Crippen molar-refractivity contribution in [2.45, 2.75) is 90.4 Å². The number of hydrogen-bond acceptors (Lipinski definition) is 0. The Morgan fingerprint density at radius 1 is 0.765 bits per heavy atom. The van der Waals surface area contributed by atoms with Crippen molar-refractivity contribution in [2.24, 2.45) is 17.8 Å². The van der Waals surface area contributed by atoms with E-state index < -0.39 is 0 Å². The van der Waals surface area contributed by atoms with Crippen molar-refractivity contribution < 1.29 is 0 Å². The lowest BCUT2D eigenvalue weighted by atomic mass is 9.68. The van der Waals surface area contributed by atoms with E-state index in [0.717, 1.165) is 17.8 Å². The predicted octanol–water partition coefficient (Wildman–Crippen LogP) is 5.95. The Labute approximate surface area is 109 Å². The fourth-order valence-corrected chi connectivity index (χ4v) is 4.42. The quantitative estimate of drug-likeness (QED) is 0.553. The fourth-order valence-electron chi connectivity index (χ4n) is 4.42. The first kappa shape index (κ1) is 13.4. The van der Waals surface area contributed by atoms with Crippen LogP contribution in [-0.2, 0) is 0 Å². The summed E-state index contributed by atoms with van der Waals surface area (Å²) in [5, 5.41) is 0. The minimum Gasteiger partial charge on any atom is -0.0654 e. The van der Waals surface area contributed by atoms with E-state index in [4.69, 9.17) is 0 Å². The van der Waals surface area contributed by atoms with E-state index in [0.29, 0.717) is 0 Å². The van der Waals surface area contributed by atoms with Crippen LogP contribution in [0.2, 0.25) is 0 Å². The molecular weight excluding hydrogens is 204 g/mol. The van der Waals surface area contributed by atoms with Gasteiger partial charge in [0.25, 0.3) is 0 Å². The summed E-state index contributed by atoms with van der Waals surface area (Å²) in [6.45, 7) is 2.36. The van der Waals surface area contributed by atoms with E-state index >= 15 is 0 Å². The Hall–Kier alpha value is 0. The van der Waals surface area contributed by atoms with Crippen molar-refractivity contribution in [3.63, 3.8) is 0 Å². The number of hydrogen-bond donors (Lipinski definition) is 0. The lowest BCUT2D eigenvalue weighted by molar-refractivity contribution is 0.132. The Bertz CT molecular complexity index is 166. The third-order valence-corrected chi connectivity index (χ3v) is 5.40. The molecule has 100 valence electrons. The maximum atomic E-state index is 2.36. The summed E-state index contributed by atoms with van der Waals surface area (Å²) in [6.07, 6.45) is 19.8. The lowest BCUT2D eigenvalue weighted by Crippen LogP contribution is -2.27. The van der Waals surface area contributed by atoms with Gasteiger partial charge in [-0.05, 0) is 24.2 Å². The van der Waals surface area contributed by atoms with Gasteiger partial charge in [0, 0.05) is 0 Å². The standard InChI is InChI=1S/C17H32/c1-2-3-14-17(15-10-6-4-7-11-15)16-12-8-5-9-13-16/h15-17H,2-14H2,1H3. The zero-order valence-corrected chi connectivity index (χ0v) is 11.9. The van der Waals surface area contributed by atoms with Gasteiger partial charge in [-0.15, -0.1) is 0 Å². The Kier molecular flexibility index (Phi) is 5.88. The van der Waals surface area contributed by atoms with Crippen LogP contribution in [-0.4, -0.2) is 0 Å². The van der Waals surface area contributed by atoms with Crippen molar-refractivity contribution in [2.75, 3.05) is 0 Å². The molecular formula is C17H32. The average Bonchev–Trinajstić information content (AvgIpc) is 2.42. The molecule has 0 spiro atoms. The summed E-state index contributed by atoms with van der Waals surface area (Å²) in [5.74, 6) is 3.33. The number of unbranched alkanes of at least 4 members (excludes halogenated alkanes) is 1. The van der Waals surface area contributed by atoms with Gasteiger partial charge < -0.3 is 0 Å². The molecule has 0 bridgehead atoms. The molecule has 2 aliphatic rings. The second kappa shape index (κ2) is 7.44. The summed E-state index contributed by atoms with van der Waals surface area (Å²) in [4.78, 5) is 0. The Morgan fingerprint density at radius 2 is 1.24 bits per heavy atom. The summed E-state index contributed by atoms with van der Waals surface area (Å²) < 4.78 is 0. The molecule has 0 heterocycles. The van der Waals surface area contributed by atoms with E-state index in [1.54, 1.807) is 32.1 Å². The van der Waals surface area contributed by atoms with Crippen LogP contribution in [0.15, 0.2) is 0 Å². The van der Waals surface area contributed by atoms with E-state index in [9.17, 15) is 0 Å². The zero-order valence-electron chi connectivity index (χ0n) is 11.9. The molecule has 0 aromatic carbocycles. The van der Waals surface area contributed by atoms with Gasteiger partial charge in [0.15, 0.2) is 0 Å². The molecule has 2 saturated carbocycles. The van der Waals surface area contributed by atoms with Crippen LogP contribution in [0.5, 0.6) is 0 Å². The van der Waals surface area contributed by atoms with Crippen LogP contribution in [0.1, 0.15) is 90.4 Å². The molecule has 0 aliphatic heterocycles. The second-order valence-electron chi connectivity index (χ2n) is 6.60. The lowest BCUT2D eigenvalue weighted by Gasteiger charge is -2.38. The van der Waals surface area contributed by atoms with Gasteiger partial charge in [-0.1, -0.05) is 84.0 Å². The maximum Gasteiger partial charge on any atom is -0.0357 e. The average molecular weight is 236 g/mol. The molecule has 0 saturated heterocycles. The third kappa shape index (κ3) is 4.00. The summed E-state index contributed by atoms with van der Waals surface area (Å²) >= 11 is 0. The van der Waals surface area contributed by atoms with Crippen LogP contribution >= 0.6 is 0 Å². The predicted molar refractivity (Wildman–Crippen MR) is 76.2 cm³/mol. The molecule has 0 aromatic rings. The normalized spacial score (nSPS) is 24.4. The largest absolute Gasteiger partial charge is 0.0654 e. The van der Waals surface area contributed by atoms with E-state index in [1.807, 2.05) is 0 Å². The first-order valence-corrected chi connectivity index (χ1v) is 8.42. The highest BCUT2D eigenvalue weighted by molar-refractivity contribution is 4.81. The van der Waals surface area contributed by atoms with Gasteiger partial charge in [-0.3, -0.25) is 0 Å². The molecule has 0 heteroatoms. The molecule has 2 aliphatic carbocycles. The van der Waals surface area contributed by atoms with E-state index in [1.165, 1.54) is 51.4 Å². The van der Waals surface area contributed by atoms with Crippen LogP contribution in [0, 0.1) is 17.8 Å². The summed E-state index contributed by atoms with van der Waals surface area (Å²) in [7, 11) is 0. The molecule has 17 heavy (non-hydrogen) atoms. The Morgan fingerprint density at radius 3 is 1.65 bits per heavy atom. The highest BCUT2D eigenvalue weighted by Gasteiger charge is 2.30. The molecule has 0 N–H and O–H groups in total. The van der Waals surface area contributed by atoms with Gasteiger partial charge >= 0.3 is 0 Å². The molecule has 2 fully saturated rings. The molecule has 2 rings (SSSR count). The van der Waals surface area contributed by atoms with E-state index in [-0.39, 0.29) is 0 Å². The molecule has 0 amide bonds. The SMILES string of the molecule is CCCCC(C1CCCCC1)C1CCCCC1. The fraction of sp³-hybridized carbons (Fsp3) is 1.00. The first-order chi connectivity index (χ1) is 8.42. The Balaban J connectivity index is 1.90. The van der Waals surface area contributed by atoms with Gasteiger partial charge in [-0.25, -0.2) is 0 Å². The molecule has 0 radical (unpaired) electrons. The molecule has 0 unspecified atom stereocenters. The topological polar surface area (TPSA) is 0 Å². The minimum atomic E-state index is 1.11. The smallest absolute Gasteiger partial charge is 0.0357 e. The summed E-state index contributed by atoms with van der Waals surface area (Å²) in [6, 6.07) is 0. The molecule has 0 nitrogen and oxygen atoms in total. The highest BCUT2D eigenvalue weighted by atomic mass is 14.4. The monoisotopic (exact) mass is 236 g/mol. The van der Waals surface area contributed by atoms with Crippen LogP contribution in [0.3, 0.4) is 0 Å². The van der Waals surface area contributed by atoms with Crippen molar-refractivity contribution in [3.8, 4) is 0 Å². The third-order valence-electron chi connectivity index (χ3n) is 5.40. The molecule has 0 atom stereocenters. The minimum absolute atomic E-state index is 1.11. The van der Waals surface area contributed by atoms with E-state index in [2.05, 4.69) is 6.92 Å². The van der Waals surface area contributed by atoms with Crippen molar-refractivity contribution in [3.05, 3.63) is 0 Å².